The average molecular weight is 223 g/mol. The molecule has 1 aromatic carbocycles. The van der Waals surface area contributed by atoms with E-state index in [0.29, 0.717) is 22.4 Å². The maximum Gasteiger partial charge on any atom is 0.384 e. The fraction of sp³-hybridized carbons (Fsp3) is 0.0909. The molecule has 0 heterocycles. The van der Waals surface area contributed by atoms with E-state index < -0.39 is 5.97 Å². The van der Waals surface area contributed by atoms with Crippen molar-refractivity contribution >= 4 is 23.9 Å². The largest absolute Gasteiger partial charge is 0.459 e. The summed E-state index contributed by atoms with van der Waals surface area (Å²) in [6, 6.07) is 4.80. The molecule has 0 radical (unpaired) electrons. The molecule has 0 aromatic heterocycles. The second-order valence-electron chi connectivity index (χ2n) is 2.56. The summed E-state index contributed by atoms with van der Waals surface area (Å²) in [5, 5.41) is 0.330. The van der Waals surface area contributed by atoms with Crippen molar-refractivity contribution in [3.05, 3.63) is 34.3 Å². The van der Waals surface area contributed by atoms with Crippen molar-refractivity contribution in [1.29, 1.82) is 0 Å². The molecule has 0 fully saturated rings. The van der Waals surface area contributed by atoms with E-state index >= 15 is 0 Å². The number of esters is 1. The zero-order valence-corrected chi connectivity index (χ0v) is 8.67. The summed E-state index contributed by atoms with van der Waals surface area (Å²) >= 11 is 5.82. The SMILES string of the molecule is COC(=O)C#Cc1c(Cl)cccc1C=O. The molecule has 0 aliphatic rings. The quantitative estimate of drug-likeness (QED) is 0.413. The summed E-state index contributed by atoms with van der Waals surface area (Å²) in [4.78, 5) is 21.4. The molecule has 0 spiro atoms. The van der Waals surface area contributed by atoms with Crippen LogP contribution in [0.4, 0.5) is 0 Å². The Morgan fingerprint density at radius 3 is 2.87 bits per heavy atom. The minimum absolute atomic E-state index is 0.330. The van der Waals surface area contributed by atoms with Crippen LogP contribution in [0.2, 0.25) is 5.02 Å². The van der Waals surface area contributed by atoms with Gasteiger partial charge in [0.05, 0.1) is 17.7 Å². The Morgan fingerprint density at radius 1 is 1.53 bits per heavy atom. The van der Waals surface area contributed by atoms with Gasteiger partial charge in [-0.3, -0.25) is 4.79 Å². The fourth-order valence-corrected chi connectivity index (χ4v) is 1.16. The van der Waals surface area contributed by atoms with Gasteiger partial charge in [0.15, 0.2) is 6.29 Å². The molecule has 4 heteroatoms. The molecular weight excluding hydrogens is 216 g/mol. The highest BCUT2D eigenvalue weighted by molar-refractivity contribution is 6.32. The van der Waals surface area contributed by atoms with Crippen LogP contribution in [0.3, 0.4) is 0 Å². The lowest BCUT2D eigenvalue weighted by Crippen LogP contribution is -1.95. The lowest BCUT2D eigenvalue weighted by atomic mass is 10.1. The Hall–Kier alpha value is -1.79. The summed E-state index contributed by atoms with van der Waals surface area (Å²) < 4.78 is 4.34. The van der Waals surface area contributed by atoms with Gasteiger partial charge in [-0.2, -0.15) is 0 Å². The minimum atomic E-state index is -0.674. The maximum atomic E-state index is 10.8. The first-order valence-electron chi connectivity index (χ1n) is 4.02. The van der Waals surface area contributed by atoms with Crippen LogP contribution < -0.4 is 0 Å². The third-order valence-electron chi connectivity index (χ3n) is 1.65. The number of hydrogen-bond donors (Lipinski definition) is 0. The van der Waals surface area contributed by atoms with Gasteiger partial charge in [0.25, 0.3) is 0 Å². The summed E-state index contributed by atoms with van der Waals surface area (Å²) in [6.45, 7) is 0. The number of methoxy groups -OCH3 is 1. The van der Waals surface area contributed by atoms with Crippen LogP contribution >= 0.6 is 11.6 Å². The zero-order valence-electron chi connectivity index (χ0n) is 7.91. The van der Waals surface area contributed by atoms with Crippen molar-refractivity contribution in [1.82, 2.24) is 0 Å². The van der Waals surface area contributed by atoms with Gasteiger partial charge >= 0.3 is 5.97 Å². The second kappa shape index (κ2) is 5.18. The monoisotopic (exact) mass is 222 g/mol. The molecule has 0 saturated carbocycles. The number of halogens is 1. The molecule has 76 valence electrons. The van der Waals surface area contributed by atoms with E-state index in [-0.39, 0.29) is 0 Å². The van der Waals surface area contributed by atoms with Crippen molar-refractivity contribution in [2.45, 2.75) is 0 Å². The van der Waals surface area contributed by atoms with Crippen LogP contribution in [0.25, 0.3) is 0 Å². The molecular formula is C11H7ClO3. The van der Waals surface area contributed by atoms with Gasteiger partial charge < -0.3 is 4.74 Å². The standard InChI is InChI=1S/C11H7ClO3/c1-15-11(14)6-5-9-8(7-13)3-2-4-10(9)12/h2-4,7H,1H3. The highest BCUT2D eigenvalue weighted by Gasteiger charge is 2.03. The Balaban J connectivity index is 3.16. The van der Waals surface area contributed by atoms with E-state index in [1.54, 1.807) is 18.2 Å². The summed E-state index contributed by atoms with van der Waals surface area (Å²) in [7, 11) is 1.23. The molecule has 1 rings (SSSR count). The Kier molecular flexibility index (Phi) is 3.90. The predicted molar refractivity (Wildman–Crippen MR) is 55.7 cm³/mol. The normalized spacial score (nSPS) is 8.67. The number of benzene rings is 1. The topological polar surface area (TPSA) is 43.4 Å². The highest BCUT2D eigenvalue weighted by Crippen LogP contribution is 2.17. The van der Waals surface area contributed by atoms with E-state index in [1.165, 1.54) is 7.11 Å². The van der Waals surface area contributed by atoms with Gasteiger partial charge in [-0.05, 0) is 6.07 Å². The number of rotatable bonds is 1. The first-order valence-corrected chi connectivity index (χ1v) is 4.40. The molecule has 0 aliphatic heterocycles. The lowest BCUT2D eigenvalue weighted by molar-refractivity contribution is -0.133. The Bertz CT molecular complexity index is 455. The molecule has 0 bridgehead atoms. The minimum Gasteiger partial charge on any atom is -0.459 e. The average Bonchev–Trinajstić information content (AvgIpc) is 2.26. The molecule has 0 N–H and O–H groups in total. The maximum absolute atomic E-state index is 10.8. The highest BCUT2D eigenvalue weighted by atomic mass is 35.5. The van der Waals surface area contributed by atoms with Gasteiger partial charge in [-0.1, -0.05) is 29.7 Å². The van der Waals surface area contributed by atoms with E-state index in [2.05, 4.69) is 16.6 Å². The zero-order chi connectivity index (χ0) is 11.3. The van der Waals surface area contributed by atoms with Gasteiger partial charge in [0.2, 0.25) is 0 Å². The first-order chi connectivity index (χ1) is 7.19. The number of aldehydes is 1. The molecule has 15 heavy (non-hydrogen) atoms. The summed E-state index contributed by atoms with van der Waals surface area (Å²) in [5.74, 6) is 4.03. The molecule has 0 aliphatic carbocycles. The van der Waals surface area contributed by atoms with E-state index in [0.717, 1.165) is 0 Å². The predicted octanol–water partition coefficient (Wildman–Crippen LogP) is 1.68. The smallest absolute Gasteiger partial charge is 0.384 e. The van der Waals surface area contributed by atoms with E-state index in [9.17, 15) is 9.59 Å². The molecule has 0 saturated heterocycles. The van der Waals surface area contributed by atoms with Crippen molar-refractivity contribution in [2.24, 2.45) is 0 Å². The third kappa shape index (κ3) is 2.83. The molecule has 3 nitrogen and oxygen atoms in total. The third-order valence-corrected chi connectivity index (χ3v) is 1.96. The van der Waals surface area contributed by atoms with Gasteiger partial charge in [-0.15, -0.1) is 0 Å². The van der Waals surface area contributed by atoms with Crippen LogP contribution in [0.5, 0.6) is 0 Å². The van der Waals surface area contributed by atoms with Crippen molar-refractivity contribution in [3.8, 4) is 11.8 Å². The van der Waals surface area contributed by atoms with E-state index in [4.69, 9.17) is 11.6 Å². The van der Waals surface area contributed by atoms with Crippen molar-refractivity contribution in [3.63, 3.8) is 0 Å². The van der Waals surface area contributed by atoms with Gasteiger partial charge in [0.1, 0.15) is 0 Å². The number of carbonyl (C=O) groups is 2. The van der Waals surface area contributed by atoms with Crippen LogP contribution in [0, 0.1) is 11.8 Å². The molecule has 0 amide bonds. The van der Waals surface area contributed by atoms with Crippen LogP contribution in [-0.2, 0) is 9.53 Å². The second-order valence-corrected chi connectivity index (χ2v) is 2.97. The van der Waals surface area contributed by atoms with Crippen LogP contribution in [0.15, 0.2) is 18.2 Å². The van der Waals surface area contributed by atoms with Gasteiger partial charge in [-0.25, -0.2) is 4.79 Å². The van der Waals surface area contributed by atoms with Crippen LogP contribution in [0.1, 0.15) is 15.9 Å². The van der Waals surface area contributed by atoms with E-state index in [1.807, 2.05) is 0 Å². The van der Waals surface area contributed by atoms with Crippen molar-refractivity contribution in [2.75, 3.05) is 7.11 Å². The van der Waals surface area contributed by atoms with Crippen molar-refractivity contribution < 1.29 is 14.3 Å². The van der Waals surface area contributed by atoms with Crippen LogP contribution in [-0.4, -0.2) is 19.4 Å². The Morgan fingerprint density at radius 2 is 2.27 bits per heavy atom. The molecule has 1 aromatic rings. The Labute approximate surface area is 92.0 Å². The first kappa shape index (κ1) is 11.3. The number of carbonyl (C=O) groups excluding carboxylic acids is 2. The number of ether oxygens (including phenoxy) is 1. The summed E-state index contributed by atoms with van der Waals surface area (Å²) in [5.41, 5.74) is 0.679. The summed E-state index contributed by atoms with van der Waals surface area (Å²) in [6.07, 6.45) is 0.632. The number of hydrogen-bond acceptors (Lipinski definition) is 3. The lowest BCUT2D eigenvalue weighted by Gasteiger charge is -1.98. The molecule has 0 atom stereocenters. The fourth-order valence-electron chi connectivity index (χ4n) is 0.935. The molecule has 0 unspecified atom stereocenters. The van der Waals surface area contributed by atoms with Gasteiger partial charge in [0, 0.05) is 11.5 Å².